The van der Waals surface area contributed by atoms with Crippen molar-refractivity contribution in [3.63, 3.8) is 0 Å². The molecule has 2 spiro atoms. The number of aromatic nitrogens is 5. The Morgan fingerprint density at radius 1 is 0.971 bits per heavy atom. The van der Waals surface area contributed by atoms with Gasteiger partial charge in [0, 0.05) is 62.8 Å². The number of likely N-dealkylation sites (tertiary alicyclic amines) is 3. The number of carbonyl (C=O) groups excluding carboxylic acids is 1. The minimum Gasteiger partial charge on any atom is -0.323 e. The summed E-state index contributed by atoms with van der Waals surface area (Å²) < 4.78 is 78.3. The molecule has 0 atom stereocenters. The van der Waals surface area contributed by atoms with Crippen molar-refractivity contribution in [3.05, 3.63) is 30.1 Å². The summed E-state index contributed by atoms with van der Waals surface area (Å²) in [6.07, 6.45) is -5.55. The van der Waals surface area contributed by atoms with Crippen molar-refractivity contribution >= 4 is 6.03 Å². The summed E-state index contributed by atoms with van der Waals surface area (Å²) in [5.41, 5.74) is -0.0431. The van der Waals surface area contributed by atoms with Gasteiger partial charge in [0.05, 0.1) is 11.7 Å². The smallest absolute Gasteiger partial charge is 0.323 e. The zero-order valence-electron chi connectivity index (χ0n) is 18.4. The van der Waals surface area contributed by atoms with Crippen molar-refractivity contribution in [2.75, 3.05) is 39.3 Å². The van der Waals surface area contributed by atoms with E-state index < -0.39 is 18.3 Å². The highest BCUT2D eigenvalue weighted by molar-refractivity contribution is 5.77. The molecule has 0 N–H and O–H groups in total. The molecule has 5 heterocycles. The average Bonchev–Trinajstić information content (AvgIpc) is 3.28. The number of rotatable bonds is 3. The summed E-state index contributed by atoms with van der Waals surface area (Å²) in [5, 5.41) is 6.89. The summed E-state index contributed by atoms with van der Waals surface area (Å²) >= 11 is 0. The second-order valence-corrected chi connectivity index (χ2v) is 10.5. The van der Waals surface area contributed by atoms with E-state index in [1.54, 1.807) is 9.80 Å². The van der Waals surface area contributed by atoms with Gasteiger partial charge in [-0.2, -0.15) is 23.0 Å². The first-order chi connectivity index (χ1) is 16.3. The van der Waals surface area contributed by atoms with Gasteiger partial charge in [0.15, 0.2) is 0 Å². The number of halogens is 6. The van der Waals surface area contributed by atoms with Crippen LogP contribution in [0, 0.1) is 10.8 Å². The standard InChI is InChI=1S/C20H22F6N8O/c21-19(22,23)15-27-12-33(29-15)14-3-17(4-14)8-31(9-17)16(35)32-10-18(11-32)6-30(7-18)5-13-1-2-28-34(13)20(24,25)26/h1-2,12,14H,3-11H2. The third-order valence-electron chi connectivity index (χ3n) is 7.58. The van der Waals surface area contributed by atoms with Gasteiger partial charge in [-0.3, -0.25) is 4.90 Å². The Kier molecular flexibility index (Phi) is 4.59. The maximum atomic E-state index is 13.0. The molecule has 0 radical (unpaired) electrons. The van der Waals surface area contributed by atoms with Crippen LogP contribution in [-0.2, 0) is 19.0 Å². The third kappa shape index (κ3) is 3.74. The largest absolute Gasteiger partial charge is 0.504 e. The van der Waals surface area contributed by atoms with Crippen LogP contribution in [0.25, 0.3) is 0 Å². The average molecular weight is 504 g/mol. The van der Waals surface area contributed by atoms with E-state index in [0.29, 0.717) is 52.1 Å². The Hall–Kier alpha value is -2.84. The monoisotopic (exact) mass is 504 g/mol. The van der Waals surface area contributed by atoms with E-state index in [4.69, 9.17) is 0 Å². The van der Waals surface area contributed by atoms with Crippen molar-refractivity contribution in [1.82, 2.24) is 39.2 Å². The van der Waals surface area contributed by atoms with Gasteiger partial charge in [-0.25, -0.2) is 14.5 Å². The zero-order chi connectivity index (χ0) is 24.8. The SMILES string of the molecule is O=C(N1CC2(CC(n3cnc(C(F)(F)F)n3)C2)C1)N1CC2(CN(Cc3ccnn3C(F)(F)F)C2)C1. The van der Waals surface area contributed by atoms with E-state index in [1.165, 1.54) is 10.7 Å². The highest BCUT2D eigenvalue weighted by Gasteiger charge is 2.58. The van der Waals surface area contributed by atoms with Gasteiger partial charge >= 0.3 is 18.5 Å². The minimum absolute atomic E-state index is 0.0570. The lowest BCUT2D eigenvalue weighted by Crippen LogP contribution is -2.75. The summed E-state index contributed by atoms with van der Waals surface area (Å²) in [7, 11) is 0. The van der Waals surface area contributed by atoms with Gasteiger partial charge in [0.1, 0.15) is 6.33 Å². The molecule has 2 aromatic heterocycles. The molecule has 0 bridgehead atoms. The van der Waals surface area contributed by atoms with Gasteiger partial charge in [-0.1, -0.05) is 0 Å². The molecule has 35 heavy (non-hydrogen) atoms. The first kappa shape index (κ1) is 22.6. The lowest BCUT2D eigenvalue weighted by molar-refractivity contribution is -0.215. The second-order valence-electron chi connectivity index (χ2n) is 10.5. The fourth-order valence-electron chi connectivity index (χ4n) is 6.09. The molecular weight excluding hydrogens is 482 g/mol. The van der Waals surface area contributed by atoms with Crippen molar-refractivity contribution in [2.45, 2.75) is 37.9 Å². The summed E-state index contributed by atoms with van der Waals surface area (Å²) in [6, 6.07) is 1.16. The molecule has 0 aromatic carbocycles. The molecule has 4 fully saturated rings. The highest BCUT2D eigenvalue weighted by atomic mass is 19.4. The van der Waals surface area contributed by atoms with Gasteiger partial charge in [-0.05, 0) is 18.9 Å². The fourth-order valence-corrected chi connectivity index (χ4v) is 6.09. The van der Waals surface area contributed by atoms with Gasteiger partial charge in [0.25, 0.3) is 5.82 Å². The van der Waals surface area contributed by atoms with E-state index >= 15 is 0 Å². The number of nitrogens with zero attached hydrogens (tertiary/aromatic N) is 8. The number of carbonyl (C=O) groups is 1. The van der Waals surface area contributed by atoms with Crippen LogP contribution in [0.3, 0.4) is 0 Å². The molecule has 6 rings (SSSR count). The number of alkyl halides is 6. The van der Waals surface area contributed by atoms with E-state index in [1.807, 2.05) is 4.90 Å². The lowest BCUT2D eigenvalue weighted by Gasteiger charge is -2.63. The van der Waals surface area contributed by atoms with Crippen molar-refractivity contribution in [2.24, 2.45) is 10.8 Å². The Morgan fingerprint density at radius 3 is 2.17 bits per heavy atom. The van der Waals surface area contributed by atoms with Gasteiger partial charge < -0.3 is 9.80 Å². The van der Waals surface area contributed by atoms with Crippen LogP contribution in [-0.4, -0.2) is 84.5 Å². The van der Waals surface area contributed by atoms with Crippen LogP contribution in [0.5, 0.6) is 0 Å². The second kappa shape index (κ2) is 7.11. The zero-order valence-corrected chi connectivity index (χ0v) is 18.4. The summed E-state index contributed by atoms with van der Waals surface area (Å²) in [5.74, 6) is -1.14. The molecule has 2 amide bonds. The van der Waals surface area contributed by atoms with Crippen LogP contribution in [0.1, 0.15) is 30.4 Å². The molecule has 1 aliphatic carbocycles. The molecule has 190 valence electrons. The molecule has 9 nitrogen and oxygen atoms in total. The predicted molar refractivity (Wildman–Crippen MR) is 106 cm³/mol. The summed E-state index contributed by atoms with van der Waals surface area (Å²) in [6.45, 7) is 3.70. The number of urea groups is 1. The first-order valence-corrected chi connectivity index (χ1v) is 11.2. The van der Waals surface area contributed by atoms with Gasteiger partial charge in [-0.15, -0.1) is 18.3 Å². The van der Waals surface area contributed by atoms with E-state index in [2.05, 4.69) is 15.2 Å². The Labute approximate surface area is 195 Å². The number of hydrogen-bond donors (Lipinski definition) is 0. The van der Waals surface area contributed by atoms with Crippen LogP contribution in [0.2, 0.25) is 0 Å². The molecule has 3 saturated heterocycles. The predicted octanol–water partition coefficient (Wildman–Crippen LogP) is 2.54. The first-order valence-electron chi connectivity index (χ1n) is 11.2. The Balaban J connectivity index is 0.939. The van der Waals surface area contributed by atoms with E-state index in [9.17, 15) is 31.1 Å². The molecule has 15 heteroatoms. The molecule has 1 saturated carbocycles. The number of hydrogen-bond acceptors (Lipinski definition) is 5. The molecule has 0 unspecified atom stereocenters. The van der Waals surface area contributed by atoms with Crippen LogP contribution >= 0.6 is 0 Å². The van der Waals surface area contributed by atoms with Crippen LogP contribution in [0.15, 0.2) is 18.6 Å². The molecule has 4 aliphatic rings. The maximum Gasteiger partial charge on any atom is 0.504 e. The summed E-state index contributed by atoms with van der Waals surface area (Å²) in [4.78, 5) is 21.5. The normalized spacial score (nSPS) is 23.7. The lowest BCUT2D eigenvalue weighted by atomic mass is 9.60. The minimum atomic E-state index is -4.57. The van der Waals surface area contributed by atoms with Crippen molar-refractivity contribution < 1.29 is 31.1 Å². The molecule has 3 aliphatic heterocycles. The highest BCUT2D eigenvalue weighted by Crippen LogP contribution is 2.54. The Bertz CT molecular complexity index is 1130. The number of amides is 2. The fraction of sp³-hybridized carbons (Fsp3) is 0.700. The topological polar surface area (TPSA) is 75.3 Å². The van der Waals surface area contributed by atoms with E-state index in [-0.39, 0.29) is 39.8 Å². The van der Waals surface area contributed by atoms with Crippen LogP contribution < -0.4 is 0 Å². The molecule has 2 aromatic rings. The van der Waals surface area contributed by atoms with Crippen molar-refractivity contribution in [1.29, 1.82) is 0 Å². The maximum absolute atomic E-state index is 13.0. The van der Waals surface area contributed by atoms with Gasteiger partial charge in [0.2, 0.25) is 0 Å². The third-order valence-corrected chi connectivity index (χ3v) is 7.58. The molecular formula is C20H22F6N8O. The van der Waals surface area contributed by atoms with E-state index in [0.717, 1.165) is 12.5 Å². The Morgan fingerprint density at radius 2 is 1.60 bits per heavy atom. The van der Waals surface area contributed by atoms with Crippen LogP contribution in [0.4, 0.5) is 31.1 Å². The van der Waals surface area contributed by atoms with Crippen molar-refractivity contribution in [3.8, 4) is 0 Å². The quantitative estimate of drug-likeness (QED) is 0.601.